The normalized spacial score (nSPS) is 12.5. The van der Waals surface area contributed by atoms with Gasteiger partial charge in [-0.05, 0) is 73.1 Å². The van der Waals surface area contributed by atoms with Gasteiger partial charge in [-0.1, -0.05) is 74.9 Å². The quantitative estimate of drug-likeness (QED) is 0.226. The molecule has 214 valence electrons. The molecule has 0 bridgehead atoms. The van der Waals surface area contributed by atoms with E-state index in [-0.39, 0.29) is 11.8 Å². The van der Waals surface area contributed by atoms with Gasteiger partial charge in [0.1, 0.15) is 5.84 Å². The van der Waals surface area contributed by atoms with Crippen LogP contribution in [0.2, 0.25) is 0 Å². The molecule has 0 radical (unpaired) electrons. The van der Waals surface area contributed by atoms with Crippen molar-refractivity contribution in [2.75, 3.05) is 19.6 Å². The molecule has 41 heavy (non-hydrogen) atoms. The number of nitrogens with one attached hydrogen (secondary N) is 1. The molecule has 0 spiro atoms. The molecule has 1 aliphatic heterocycles. The van der Waals surface area contributed by atoms with Gasteiger partial charge >= 0.3 is 0 Å². The van der Waals surface area contributed by atoms with Gasteiger partial charge in [-0.15, -0.1) is 0 Å². The standard InChI is InChI=1S/C35H42N4O2/c1-3-21-39(22-4-2)35(41)31-23-30-19-18-29(24-32(30)38-33(36)25-31)27-14-16-28(17-15-27)34(40)37-20-10-6-9-13-26-11-7-5-8-12-26/h5,7-8,11-12,14-19,23-24H,3-4,6,9-10,13,20-22,25H2,1-2H3,(H2,36,38)(H,37,40). The third kappa shape index (κ3) is 8.40. The maximum atomic E-state index is 13.2. The minimum atomic E-state index is -0.0542. The Morgan fingerprint density at radius 3 is 2.29 bits per heavy atom. The Morgan fingerprint density at radius 1 is 0.878 bits per heavy atom. The van der Waals surface area contributed by atoms with Gasteiger partial charge in [0, 0.05) is 42.8 Å². The molecule has 4 rings (SSSR count). The monoisotopic (exact) mass is 550 g/mol. The molecule has 3 aromatic carbocycles. The molecule has 6 heteroatoms. The summed E-state index contributed by atoms with van der Waals surface area (Å²) in [5, 5.41) is 3.04. The van der Waals surface area contributed by atoms with E-state index in [9.17, 15) is 9.59 Å². The lowest BCUT2D eigenvalue weighted by Crippen LogP contribution is -2.34. The Morgan fingerprint density at radius 2 is 1.59 bits per heavy atom. The van der Waals surface area contributed by atoms with Crippen molar-refractivity contribution in [2.24, 2.45) is 10.7 Å². The van der Waals surface area contributed by atoms with Crippen molar-refractivity contribution >= 4 is 29.4 Å². The summed E-state index contributed by atoms with van der Waals surface area (Å²) in [6, 6.07) is 24.1. The molecule has 1 aliphatic rings. The summed E-state index contributed by atoms with van der Waals surface area (Å²) in [4.78, 5) is 32.4. The van der Waals surface area contributed by atoms with Crippen LogP contribution in [0, 0.1) is 0 Å². The van der Waals surface area contributed by atoms with Gasteiger partial charge in [0.15, 0.2) is 0 Å². The van der Waals surface area contributed by atoms with Crippen molar-refractivity contribution in [3.05, 3.63) is 95.1 Å². The molecule has 2 amide bonds. The number of aliphatic imine (C=N–C) groups is 1. The van der Waals surface area contributed by atoms with Gasteiger partial charge < -0.3 is 16.0 Å². The molecule has 0 fully saturated rings. The minimum Gasteiger partial charge on any atom is -0.387 e. The Kier molecular flexibility index (Phi) is 10.9. The summed E-state index contributed by atoms with van der Waals surface area (Å²) >= 11 is 0. The fourth-order valence-electron chi connectivity index (χ4n) is 5.16. The Bertz CT molecular complexity index is 1370. The lowest BCUT2D eigenvalue weighted by atomic mass is 9.99. The lowest BCUT2D eigenvalue weighted by molar-refractivity contribution is -0.127. The van der Waals surface area contributed by atoms with E-state index in [4.69, 9.17) is 5.73 Å². The summed E-state index contributed by atoms with van der Waals surface area (Å²) in [6.07, 6.45) is 8.34. The average molecular weight is 551 g/mol. The number of amides is 2. The number of carbonyl (C=O) groups excluding carboxylic acids is 2. The van der Waals surface area contributed by atoms with E-state index in [1.165, 1.54) is 5.56 Å². The van der Waals surface area contributed by atoms with Crippen LogP contribution in [-0.2, 0) is 11.2 Å². The summed E-state index contributed by atoms with van der Waals surface area (Å²) in [7, 11) is 0. The van der Waals surface area contributed by atoms with Crippen LogP contribution in [0.5, 0.6) is 0 Å². The zero-order valence-electron chi connectivity index (χ0n) is 24.4. The lowest BCUT2D eigenvalue weighted by Gasteiger charge is -2.22. The number of nitrogens with zero attached hydrogens (tertiary/aromatic N) is 2. The number of aryl methyl sites for hydroxylation is 1. The molecular formula is C35H42N4O2. The highest BCUT2D eigenvalue weighted by Gasteiger charge is 2.21. The van der Waals surface area contributed by atoms with Crippen LogP contribution in [0.1, 0.15) is 73.9 Å². The van der Waals surface area contributed by atoms with Gasteiger partial charge in [0.2, 0.25) is 5.91 Å². The van der Waals surface area contributed by atoms with Crippen molar-refractivity contribution in [1.29, 1.82) is 0 Å². The first-order valence-electron chi connectivity index (χ1n) is 14.9. The molecule has 0 saturated carbocycles. The first-order valence-corrected chi connectivity index (χ1v) is 14.9. The molecule has 0 unspecified atom stereocenters. The number of unbranched alkanes of at least 4 members (excludes halogenated alkanes) is 2. The van der Waals surface area contributed by atoms with Crippen LogP contribution in [-0.4, -0.2) is 42.2 Å². The van der Waals surface area contributed by atoms with Crippen LogP contribution in [0.15, 0.2) is 83.4 Å². The molecule has 1 heterocycles. The van der Waals surface area contributed by atoms with Crippen LogP contribution in [0.25, 0.3) is 17.2 Å². The molecular weight excluding hydrogens is 508 g/mol. The Labute approximate surface area is 244 Å². The summed E-state index contributed by atoms with van der Waals surface area (Å²) in [5.41, 5.74) is 12.5. The maximum absolute atomic E-state index is 13.2. The second kappa shape index (κ2) is 15.0. The number of amidine groups is 1. The van der Waals surface area contributed by atoms with Crippen LogP contribution in [0.4, 0.5) is 5.69 Å². The SMILES string of the molecule is CCCN(CCC)C(=O)C1=Cc2ccc(-c3ccc(C(=O)NCCCCCc4ccccc4)cc3)cc2N=C(N)C1. The molecule has 0 saturated heterocycles. The van der Waals surface area contributed by atoms with Gasteiger partial charge in [-0.3, -0.25) is 9.59 Å². The third-order valence-corrected chi connectivity index (χ3v) is 7.30. The second-order valence-electron chi connectivity index (χ2n) is 10.6. The zero-order valence-corrected chi connectivity index (χ0v) is 24.4. The second-order valence-corrected chi connectivity index (χ2v) is 10.6. The number of hydrogen-bond donors (Lipinski definition) is 2. The summed E-state index contributed by atoms with van der Waals surface area (Å²) in [5.74, 6) is 0.409. The van der Waals surface area contributed by atoms with E-state index < -0.39 is 0 Å². The van der Waals surface area contributed by atoms with E-state index >= 15 is 0 Å². The number of carbonyl (C=O) groups is 2. The van der Waals surface area contributed by atoms with Gasteiger partial charge in [-0.2, -0.15) is 0 Å². The molecule has 0 aromatic heterocycles. The summed E-state index contributed by atoms with van der Waals surface area (Å²) < 4.78 is 0. The Balaban J connectivity index is 1.36. The molecule has 0 aliphatic carbocycles. The highest BCUT2D eigenvalue weighted by atomic mass is 16.2. The minimum absolute atomic E-state index is 0.0322. The highest BCUT2D eigenvalue weighted by molar-refractivity contribution is 6.05. The van der Waals surface area contributed by atoms with Gasteiger partial charge in [0.05, 0.1) is 5.69 Å². The number of nitrogens with two attached hydrogens (primary N) is 1. The summed E-state index contributed by atoms with van der Waals surface area (Å²) in [6.45, 7) is 6.30. The number of benzene rings is 3. The molecule has 0 atom stereocenters. The van der Waals surface area contributed by atoms with Crippen LogP contribution >= 0.6 is 0 Å². The average Bonchev–Trinajstić information content (AvgIpc) is 3.16. The largest absolute Gasteiger partial charge is 0.387 e. The first-order chi connectivity index (χ1) is 20.0. The van der Waals surface area contributed by atoms with E-state index in [1.807, 2.05) is 59.5 Å². The maximum Gasteiger partial charge on any atom is 0.251 e. The number of fused-ring (bicyclic) bond motifs is 1. The predicted octanol–water partition coefficient (Wildman–Crippen LogP) is 6.92. The van der Waals surface area contributed by atoms with Gasteiger partial charge in [0.25, 0.3) is 5.91 Å². The van der Waals surface area contributed by atoms with Crippen LogP contribution in [0.3, 0.4) is 0 Å². The zero-order chi connectivity index (χ0) is 29.0. The topological polar surface area (TPSA) is 87.8 Å². The third-order valence-electron chi connectivity index (χ3n) is 7.30. The van der Waals surface area contributed by atoms with Crippen molar-refractivity contribution in [3.8, 4) is 11.1 Å². The number of rotatable bonds is 13. The van der Waals surface area contributed by atoms with E-state index in [0.29, 0.717) is 29.9 Å². The van der Waals surface area contributed by atoms with Crippen molar-refractivity contribution in [1.82, 2.24) is 10.2 Å². The van der Waals surface area contributed by atoms with Crippen molar-refractivity contribution in [3.63, 3.8) is 0 Å². The first kappa shape index (κ1) is 29.8. The highest BCUT2D eigenvalue weighted by Crippen LogP contribution is 2.32. The van der Waals surface area contributed by atoms with E-state index in [0.717, 1.165) is 74.0 Å². The smallest absolute Gasteiger partial charge is 0.251 e. The van der Waals surface area contributed by atoms with Gasteiger partial charge in [-0.25, -0.2) is 4.99 Å². The number of hydrogen-bond acceptors (Lipinski definition) is 4. The molecule has 3 N–H and O–H groups in total. The van der Waals surface area contributed by atoms with Crippen LogP contribution < -0.4 is 11.1 Å². The molecule has 3 aromatic rings. The molecule has 6 nitrogen and oxygen atoms in total. The van der Waals surface area contributed by atoms with E-state index in [1.54, 1.807) is 0 Å². The predicted molar refractivity (Wildman–Crippen MR) is 169 cm³/mol. The fraction of sp³-hybridized carbons (Fsp3) is 0.343. The van der Waals surface area contributed by atoms with Crippen molar-refractivity contribution < 1.29 is 9.59 Å². The Hall–Kier alpha value is -4.19. The fourth-order valence-corrected chi connectivity index (χ4v) is 5.16. The van der Waals surface area contributed by atoms with Crippen molar-refractivity contribution in [2.45, 2.75) is 58.8 Å². The van der Waals surface area contributed by atoms with E-state index in [2.05, 4.69) is 48.4 Å².